The highest BCUT2D eigenvalue weighted by Crippen LogP contribution is 2.33. The Bertz CT molecular complexity index is 1280. The van der Waals surface area contributed by atoms with Crippen LogP contribution in [0.3, 0.4) is 0 Å². The van der Waals surface area contributed by atoms with E-state index in [1.165, 1.54) is 12.1 Å². The quantitative estimate of drug-likeness (QED) is 0.277. The van der Waals surface area contributed by atoms with Crippen LogP contribution in [0.4, 0.5) is 10.1 Å². The van der Waals surface area contributed by atoms with Crippen molar-refractivity contribution < 1.29 is 19.0 Å². The molecule has 38 heavy (non-hydrogen) atoms. The lowest BCUT2D eigenvalue weighted by Gasteiger charge is -2.36. The Morgan fingerprint density at radius 3 is 2.47 bits per heavy atom. The molecule has 0 atom stereocenters. The van der Waals surface area contributed by atoms with Crippen molar-refractivity contribution in [3.63, 3.8) is 0 Å². The Balaban J connectivity index is 1.46. The number of halogens is 1. The molecule has 7 nitrogen and oxygen atoms in total. The fourth-order valence-corrected chi connectivity index (χ4v) is 4.99. The van der Waals surface area contributed by atoms with Crippen molar-refractivity contribution in [3.8, 4) is 17.0 Å². The predicted molar refractivity (Wildman–Crippen MR) is 147 cm³/mol. The molecule has 0 aliphatic heterocycles. The van der Waals surface area contributed by atoms with Crippen LogP contribution in [-0.4, -0.2) is 41.0 Å². The minimum Gasteiger partial charge on any atom is -0.497 e. The molecule has 0 unspecified atom stereocenters. The van der Waals surface area contributed by atoms with Gasteiger partial charge < -0.3 is 25.9 Å². The molecule has 1 aliphatic carbocycles. The van der Waals surface area contributed by atoms with Crippen LogP contribution >= 0.6 is 0 Å². The molecule has 1 aromatic heterocycles. The first-order chi connectivity index (χ1) is 18.2. The number of pyridine rings is 1. The summed E-state index contributed by atoms with van der Waals surface area (Å²) in [6.07, 6.45) is 5.96. The van der Waals surface area contributed by atoms with Crippen molar-refractivity contribution in [1.82, 2.24) is 10.3 Å². The molecule has 4 rings (SSSR count). The standard InChI is InChI=1S/C30H35FN4O3/c1-30(2,37)21-7-9-22(10-8-21)35-29(36)20-6-13-24(26(31)16-20)28-25(17-32)27(14-15-33-28)34-18-19-4-11-23(38-3)12-5-19/h4-6,11-17,21-22,32,37H,7-10,18H2,1-3H3,(H,33,34)(H,35,36)/t21-,22-. The minimum atomic E-state index is -0.722. The second-order valence-electron chi connectivity index (χ2n) is 10.3. The van der Waals surface area contributed by atoms with Gasteiger partial charge in [-0.25, -0.2) is 4.39 Å². The molecule has 1 fully saturated rings. The summed E-state index contributed by atoms with van der Waals surface area (Å²) in [4.78, 5) is 17.2. The van der Waals surface area contributed by atoms with Crippen LogP contribution in [0, 0.1) is 17.1 Å². The van der Waals surface area contributed by atoms with Gasteiger partial charge in [-0.05, 0) is 87.4 Å². The number of nitrogens with one attached hydrogen (secondary N) is 3. The molecule has 4 N–H and O–H groups in total. The molecule has 0 bridgehead atoms. The van der Waals surface area contributed by atoms with Crippen LogP contribution in [0.15, 0.2) is 54.7 Å². The summed E-state index contributed by atoms with van der Waals surface area (Å²) in [5.41, 5.74) is 2.20. The first kappa shape index (κ1) is 27.3. The highest BCUT2D eigenvalue weighted by atomic mass is 19.1. The summed E-state index contributed by atoms with van der Waals surface area (Å²) in [6.45, 7) is 4.16. The van der Waals surface area contributed by atoms with Gasteiger partial charge in [-0.1, -0.05) is 12.1 Å². The van der Waals surface area contributed by atoms with Crippen molar-refractivity contribution in [2.75, 3.05) is 12.4 Å². The molecule has 2 aromatic carbocycles. The summed E-state index contributed by atoms with van der Waals surface area (Å²) in [7, 11) is 1.62. The van der Waals surface area contributed by atoms with Crippen LogP contribution in [0.5, 0.6) is 5.75 Å². The first-order valence-corrected chi connectivity index (χ1v) is 12.9. The van der Waals surface area contributed by atoms with Crippen molar-refractivity contribution in [2.24, 2.45) is 5.92 Å². The molecule has 8 heteroatoms. The number of anilines is 1. The Labute approximate surface area is 223 Å². The van der Waals surface area contributed by atoms with Gasteiger partial charge in [-0.15, -0.1) is 0 Å². The number of hydrogen-bond donors (Lipinski definition) is 4. The number of ether oxygens (including phenoxy) is 1. The topological polar surface area (TPSA) is 107 Å². The van der Waals surface area contributed by atoms with Crippen LogP contribution in [-0.2, 0) is 6.54 Å². The van der Waals surface area contributed by atoms with E-state index in [0.29, 0.717) is 23.5 Å². The van der Waals surface area contributed by atoms with E-state index in [1.54, 1.807) is 25.4 Å². The Hall–Kier alpha value is -3.78. The zero-order valence-corrected chi connectivity index (χ0v) is 22.1. The van der Waals surface area contributed by atoms with Gasteiger partial charge in [0.2, 0.25) is 0 Å². The fraction of sp³-hybridized carbons (Fsp3) is 0.367. The molecule has 0 radical (unpaired) electrons. The number of nitrogens with zero attached hydrogens (tertiary/aromatic N) is 1. The van der Waals surface area contributed by atoms with E-state index in [4.69, 9.17) is 10.1 Å². The number of carbonyl (C=O) groups is 1. The van der Waals surface area contributed by atoms with Gasteiger partial charge in [0.15, 0.2) is 0 Å². The number of aromatic nitrogens is 1. The number of hydrogen-bond acceptors (Lipinski definition) is 6. The third-order valence-electron chi connectivity index (χ3n) is 7.32. The molecule has 1 heterocycles. The highest BCUT2D eigenvalue weighted by molar-refractivity contribution is 5.97. The second kappa shape index (κ2) is 11.7. The van der Waals surface area contributed by atoms with E-state index in [0.717, 1.165) is 43.2 Å². The monoisotopic (exact) mass is 518 g/mol. The zero-order chi connectivity index (χ0) is 27.3. The molecule has 1 aliphatic rings. The van der Waals surface area contributed by atoms with Crippen molar-refractivity contribution in [3.05, 3.63) is 77.2 Å². The fourth-order valence-electron chi connectivity index (χ4n) is 4.99. The lowest BCUT2D eigenvalue weighted by molar-refractivity contribution is -0.00257. The Morgan fingerprint density at radius 1 is 1.16 bits per heavy atom. The zero-order valence-electron chi connectivity index (χ0n) is 22.1. The van der Waals surface area contributed by atoms with E-state index < -0.39 is 11.4 Å². The summed E-state index contributed by atoms with van der Waals surface area (Å²) in [6, 6.07) is 13.7. The average molecular weight is 519 g/mol. The Morgan fingerprint density at radius 2 is 1.87 bits per heavy atom. The number of rotatable bonds is 9. The number of carbonyl (C=O) groups excluding carboxylic acids is 1. The first-order valence-electron chi connectivity index (χ1n) is 12.9. The molecule has 0 spiro atoms. The highest BCUT2D eigenvalue weighted by Gasteiger charge is 2.32. The molecular weight excluding hydrogens is 483 g/mol. The third kappa shape index (κ3) is 6.37. The summed E-state index contributed by atoms with van der Waals surface area (Å²) in [5.74, 6) is 0.0822. The van der Waals surface area contributed by atoms with Gasteiger partial charge in [-0.3, -0.25) is 9.78 Å². The summed E-state index contributed by atoms with van der Waals surface area (Å²) < 4.78 is 20.5. The van der Waals surface area contributed by atoms with E-state index in [9.17, 15) is 9.90 Å². The van der Waals surface area contributed by atoms with Gasteiger partial charge in [0, 0.05) is 47.4 Å². The smallest absolute Gasteiger partial charge is 0.251 e. The Kier molecular flexibility index (Phi) is 8.42. The third-order valence-corrected chi connectivity index (χ3v) is 7.32. The van der Waals surface area contributed by atoms with Crippen LogP contribution in [0.2, 0.25) is 0 Å². The van der Waals surface area contributed by atoms with E-state index >= 15 is 4.39 Å². The average Bonchev–Trinajstić information content (AvgIpc) is 2.91. The van der Waals surface area contributed by atoms with Crippen LogP contribution in [0.1, 0.15) is 61.0 Å². The molecule has 1 amide bonds. The van der Waals surface area contributed by atoms with Crippen molar-refractivity contribution >= 4 is 17.8 Å². The number of benzene rings is 2. The van der Waals surface area contributed by atoms with Crippen LogP contribution in [0.25, 0.3) is 11.3 Å². The van der Waals surface area contributed by atoms with Crippen molar-refractivity contribution in [1.29, 1.82) is 5.41 Å². The van der Waals surface area contributed by atoms with Gasteiger partial charge in [0.25, 0.3) is 5.91 Å². The van der Waals surface area contributed by atoms with Gasteiger partial charge in [-0.2, -0.15) is 0 Å². The minimum absolute atomic E-state index is 0.00322. The summed E-state index contributed by atoms with van der Waals surface area (Å²) in [5, 5.41) is 24.5. The van der Waals surface area contributed by atoms with Gasteiger partial charge >= 0.3 is 0 Å². The predicted octanol–water partition coefficient (Wildman–Crippen LogP) is 5.57. The number of amides is 1. The van der Waals surface area contributed by atoms with Gasteiger partial charge in [0.1, 0.15) is 11.6 Å². The molecule has 1 saturated carbocycles. The van der Waals surface area contributed by atoms with E-state index in [2.05, 4.69) is 15.6 Å². The lowest BCUT2D eigenvalue weighted by atomic mass is 9.77. The SMILES string of the molecule is COc1ccc(CNc2ccnc(-c3ccc(C(=O)N[C@H]4CC[C@H](C(C)(C)O)CC4)cc3F)c2C=N)cc1. The second-order valence-corrected chi connectivity index (χ2v) is 10.3. The van der Waals surface area contributed by atoms with E-state index in [-0.39, 0.29) is 29.0 Å². The normalized spacial score (nSPS) is 17.5. The maximum atomic E-state index is 15.3. The van der Waals surface area contributed by atoms with Gasteiger partial charge in [0.05, 0.1) is 18.4 Å². The van der Waals surface area contributed by atoms with Crippen LogP contribution < -0.4 is 15.4 Å². The lowest BCUT2D eigenvalue weighted by Crippen LogP contribution is -2.41. The molecule has 3 aromatic rings. The molecule has 0 saturated heterocycles. The molecular formula is C30H35FN4O3. The molecule has 200 valence electrons. The largest absolute Gasteiger partial charge is 0.497 e. The number of methoxy groups -OCH3 is 1. The van der Waals surface area contributed by atoms with E-state index in [1.807, 2.05) is 38.1 Å². The summed E-state index contributed by atoms with van der Waals surface area (Å²) >= 11 is 0. The maximum Gasteiger partial charge on any atom is 0.251 e. The maximum absolute atomic E-state index is 15.3. The number of aliphatic hydroxyl groups is 1. The van der Waals surface area contributed by atoms with Crippen molar-refractivity contribution in [2.45, 2.75) is 57.7 Å².